The number of piperidine rings is 1. The molecule has 130 valence electrons. The standard InChI is InChI=1S/C19H18F2N2O2/c20-14-6-3-7-15(11-14)22-18(24)13-5-4-10-23(12-13)19(25)16-8-1-2-9-17(16)21/h1-3,6-9,11,13H,4-5,10,12H2,(H,22,24)/t13-/m0/s1. The van der Waals surface area contributed by atoms with Gasteiger partial charge in [0.25, 0.3) is 5.91 Å². The number of rotatable bonds is 3. The van der Waals surface area contributed by atoms with E-state index in [-0.39, 0.29) is 18.0 Å². The maximum absolute atomic E-state index is 13.8. The van der Waals surface area contributed by atoms with Gasteiger partial charge >= 0.3 is 0 Å². The topological polar surface area (TPSA) is 49.4 Å². The average Bonchev–Trinajstić information content (AvgIpc) is 2.62. The van der Waals surface area contributed by atoms with Crippen LogP contribution in [0.5, 0.6) is 0 Å². The number of hydrogen-bond acceptors (Lipinski definition) is 2. The van der Waals surface area contributed by atoms with E-state index >= 15 is 0 Å². The SMILES string of the molecule is O=C(Nc1cccc(F)c1)[C@H]1CCCN(C(=O)c2ccccc2F)C1. The van der Waals surface area contributed by atoms with Crippen LogP contribution in [-0.4, -0.2) is 29.8 Å². The van der Waals surface area contributed by atoms with Crippen LogP contribution in [0.1, 0.15) is 23.2 Å². The minimum absolute atomic E-state index is 0.00805. The van der Waals surface area contributed by atoms with Crippen molar-refractivity contribution in [2.24, 2.45) is 5.92 Å². The van der Waals surface area contributed by atoms with Gasteiger partial charge in [-0.3, -0.25) is 9.59 Å². The highest BCUT2D eigenvalue weighted by molar-refractivity contribution is 5.96. The zero-order valence-corrected chi connectivity index (χ0v) is 13.5. The lowest BCUT2D eigenvalue weighted by atomic mass is 9.96. The molecule has 0 aromatic heterocycles. The van der Waals surface area contributed by atoms with Crippen molar-refractivity contribution in [2.45, 2.75) is 12.8 Å². The number of carbonyl (C=O) groups is 2. The molecule has 1 aliphatic heterocycles. The normalized spacial score (nSPS) is 17.2. The van der Waals surface area contributed by atoms with Crippen molar-refractivity contribution in [1.82, 2.24) is 4.90 Å². The molecule has 0 saturated carbocycles. The highest BCUT2D eigenvalue weighted by Crippen LogP contribution is 2.21. The largest absolute Gasteiger partial charge is 0.338 e. The summed E-state index contributed by atoms with van der Waals surface area (Å²) in [5.74, 6) is -2.10. The Hall–Kier alpha value is -2.76. The number of halogens is 2. The smallest absolute Gasteiger partial charge is 0.256 e. The second-order valence-corrected chi connectivity index (χ2v) is 6.07. The summed E-state index contributed by atoms with van der Waals surface area (Å²) >= 11 is 0. The van der Waals surface area contributed by atoms with Gasteiger partial charge in [0, 0.05) is 18.8 Å². The van der Waals surface area contributed by atoms with Gasteiger partial charge in [-0.05, 0) is 43.2 Å². The minimum Gasteiger partial charge on any atom is -0.338 e. The first kappa shape index (κ1) is 17.1. The molecule has 1 aliphatic rings. The number of amides is 2. The van der Waals surface area contributed by atoms with E-state index in [1.54, 1.807) is 12.1 Å². The molecule has 0 aliphatic carbocycles. The Morgan fingerprint density at radius 2 is 1.88 bits per heavy atom. The van der Waals surface area contributed by atoms with Gasteiger partial charge in [-0.2, -0.15) is 0 Å². The molecule has 4 nitrogen and oxygen atoms in total. The van der Waals surface area contributed by atoms with E-state index in [0.717, 1.165) is 0 Å². The van der Waals surface area contributed by atoms with Crippen molar-refractivity contribution < 1.29 is 18.4 Å². The second-order valence-electron chi connectivity index (χ2n) is 6.07. The Morgan fingerprint density at radius 1 is 1.08 bits per heavy atom. The molecule has 25 heavy (non-hydrogen) atoms. The van der Waals surface area contributed by atoms with E-state index in [4.69, 9.17) is 0 Å². The molecule has 0 spiro atoms. The second kappa shape index (κ2) is 7.42. The van der Waals surface area contributed by atoms with Gasteiger partial charge in [-0.25, -0.2) is 8.78 Å². The predicted molar refractivity (Wildman–Crippen MR) is 90.1 cm³/mol. The van der Waals surface area contributed by atoms with Crippen molar-refractivity contribution >= 4 is 17.5 Å². The van der Waals surface area contributed by atoms with Crippen LogP contribution in [0.15, 0.2) is 48.5 Å². The Bertz CT molecular complexity index is 794. The molecule has 2 amide bonds. The van der Waals surface area contributed by atoms with Gasteiger partial charge in [-0.15, -0.1) is 0 Å². The van der Waals surface area contributed by atoms with Crippen LogP contribution in [0.2, 0.25) is 0 Å². The molecule has 0 radical (unpaired) electrons. The molecule has 2 aromatic carbocycles. The van der Waals surface area contributed by atoms with E-state index < -0.39 is 23.5 Å². The third-order valence-electron chi connectivity index (χ3n) is 4.28. The fourth-order valence-electron chi connectivity index (χ4n) is 2.99. The van der Waals surface area contributed by atoms with Crippen molar-refractivity contribution in [3.05, 3.63) is 65.7 Å². The number of benzene rings is 2. The van der Waals surface area contributed by atoms with E-state index in [9.17, 15) is 18.4 Å². The lowest BCUT2D eigenvalue weighted by Gasteiger charge is -2.32. The zero-order chi connectivity index (χ0) is 17.8. The number of nitrogens with zero attached hydrogens (tertiary/aromatic N) is 1. The van der Waals surface area contributed by atoms with Crippen LogP contribution in [0.4, 0.5) is 14.5 Å². The van der Waals surface area contributed by atoms with Gasteiger partial charge in [0.2, 0.25) is 5.91 Å². The molecule has 1 heterocycles. The average molecular weight is 344 g/mol. The number of nitrogens with one attached hydrogen (secondary N) is 1. The van der Waals surface area contributed by atoms with Crippen molar-refractivity contribution in [2.75, 3.05) is 18.4 Å². The van der Waals surface area contributed by atoms with Gasteiger partial charge < -0.3 is 10.2 Å². The molecule has 2 aromatic rings. The van der Waals surface area contributed by atoms with Gasteiger partial charge in [0.05, 0.1) is 11.5 Å². The van der Waals surface area contributed by atoms with Crippen LogP contribution < -0.4 is 5.32 Å². The van der Waals surface area contributed by atoms with Crippen LogP contribution in [-0.2, 0) is 4.79 Å². The van der Waals surface area contributed by atoms with Crippen molar-refractivity contribution in [3.63, 3.8) is 0 Å². The Balaban J connectivity index is 1.67. The first-order chi connectivity index (χ1) is 12.0. The lowest BCUT2D eigenvalue weighted by molar-refractivity contribution is -0.121. The summed E-state index contributed by atoms with van der Waals surface area (Å²) in [6.45, 7) is 0.700. The Labute approximate surface area is 144 Å². The Kier molecular flexibility index (Phi) is 5.07. The third kappa shape index (κ3) is 4.02. The molecule has 3 rings (SSSR count). The molecule has 1 fully saturated rings. The molecular weight excluding hydrogens is 326 g/mol. The van der Waals surface area contributed by atoms with Gasteiger partial charge in [0.1, 0.15) is 11.6 Å². The molecule has 6 heteroatoms. The van der Waals surface area contributed by atoms with Crippen LogP contribution in [0.25, 0.3) is 0 Å². The molecular formula is C19H18F2N2O2. The van der Waals surface area contributed by atoms with Crippen LogP contribution in [0, 0.1) is 17.6 Å². The first-order valence-corrected chi connectivity index (χ1v) is 8.15. The molecule has 1 saturated heterocycles. The number of likely N-dealkylation sites (tertiary alicyclic amines) is 1. The van der Waals surface area contributed by atoms with Crippen molar-refractivity contribution in [3.8, 4) is 0 Å². The number of anilines is 1. The molecule has 0 bridgehead atoms. The van der Waals surface area contributed by atoms with Crippen molar-refractivity contribution in [1.29, 1.82) is 0 Å². The summed E-state index contributed by atoms with van der Waals surface area (Å²) < 4.78 is 27.0. The Morgan fingerprint density at radius 3 is 2.64 bits per heavy atom. The summed E-state index contributed by atoms with van der Waals surface area (Å²) in [7, 11) is 0. The number of carbonyl (C=O) groups excluding carboxylic acids is 2. The first-order valence-electron chi connectivity index (χ1n) is 8.15. The summed E-state index contributed by atoms with van der Waals surface area (Å²) in [5, 5.41) is 2.67. The van der Waals surface area contributed by atoms with Gasteiger partial charge in [-0.1, -0.05) is 18.2 Å². The number of hydrogen-bond donors (Lipinski definition) is 1. The molecule has 1 N–H and O–H groups in total. The third-order valence-corrected chi connectivity index (χ3v) is 4.28. The van der Waals surface area contributed by atoms with E-state index in [1.807, 2.05) is 0 Å². The van der Waals surface area contributed by atoms with E-state index in [1.165, 1.54) is 41.3 Å². The fourth-order valence-corrected chi connectivity index (χ4v) is 2.99. The van der Waals surface area contributed by atoms with E-state index in [2.05, 4.69) is 5.32 Å². The zero-order valence-electron chi connectivity index (χ0n) is 13.5. The molecule has 1 atom stereocenters. The molecule has 0 unspecified atom stereocenters. The monoisotopic (exact) mass is 344 g/mol. The maximum atomic E-state index is 13.8. The lowest BCUT2D eigenvalue weighted by Crippen LogP contribution is -2.44. The fraction of sp³-hybridized carbons (Fsp3) is 0.263. The van der Waals surface area contributed by atoms with E-state index in [0.29, 0.717) is 25.1 Å². The summed E-state index contributed by atoms with van der Waals surface area (Å²) in [6, 6.07) is 11.5. The highest BCUT2D eigenvalue weighted by atomic mass is 19.1. The quantitative estimate of drug-likeness (QED) is 0.927. The van der Waals surface area contributed by atoms with Crippen LogP contribution in [0.3, 0.4) is 0 Å². The predicted octanol–water partition coefficient (Wildman–Crippen LogP) is 3.46. The summed E-state index contributed by atoms with van der Waals surface area (Å²) in [6.07, 6.45) is 1.28. The van der Waals surface area contributed by atoms with Gasteiger partial charge in [0.15, 0.2) is 0 Å². The highest BCUT2D eigenvalue weighted by Gasteiger charge is 2.29. The minimum atomic E-state index is -0.571. The summed E-state index contributed by atoms with van der Waals surface area (Å²) in [5.41, 5.74) is 0.385. The van der Waals surface area contributed by atoms with Crippen LogP contribution >= 0.6 is 0 Å². The summed E-state index contributed by atoms with van der Waals surface area (Å²) in [4.78, 5) is 26.4. The maximum Gasteiger partial charge on any atom is 0.256 e.